The normalized spacial score (nSPS) is 11.9. The van der Waals surface area contributed by atoms with Crippen LogP contribution in [-0.4, -0.2) is 74.3 Å². The zero-order valence-electron chi connectivity index (χ0n) is 16.9. The zero-order valence-corrected chi connectivity index (χ0v) is 18.7. The molecule has 6 nitrogen and oxygen atoms in total. The molecule has 0 aliphatic rings. The van der Waals surface area contributed by atoms with Crippen molar-refractivity contribution in [1.29, 1.82) is 0 Å². The van der Waals surface area contributed by atoms with Crippen molar-refractivity contribution in [3.63, 3.8) is 0 Å². The van der Waals surface area contributed by atoms with Crippen LogP contribution in [-0.2, 0) is 13.3 Å². The fourth-order valence-corrected chi connectivity index (χ4v) is 4.44. The molecule has 0 saturated heterocycles. The maximum Gasteiger partial charge on any atom is 0.500 e. The first-order valence-corrected chi connectivity index (χ1v) is 11.1. The van der Waals surface area contributed by atoms with Gasteiger partial charge in [0.05, 0.1) is 0 Å². The molecule has 0 spiro atoms. The van der Waals surface area contributed by atoms with Gasteiger partial charge in [-0.15, -0.1) is 12.4 Å². The summed E-state index contributed by atoms with van der Waals surface area (Å²) >= 11 is 0. The maximum atomic E-state index is 5.54. The molecule has 0 aliphatic carbocycles. The Labute approximate surface area is 171 Å². The number of hydrogen-bond donors (Lipinski definition) is 2. The van der Waals surface area contributed by atoms with Crippen molar-refractivity contribution < 1.29 is 13.3 Å². The van der Waals surface area contributed by atoms with Crippen molar-refractivity contribution in [1.82, 2.24) is 10.2 Å². The molecule has 0 saturated carbocycles. The Morgan fingerprint density at radius 3 is 2.30 bits per heavy atom. The highest BCUT2D eigenvalue weighted by Crippen LogP contribution is 2.15. The van der Waals surface area contributed by atoms with Crippen LogP contribution in [0.2, 0.25) is 6.04 Å². The molecule has 0 aliphatic heterocycles. The van der Waals surface area contributed by atoms with Crippen molar-refractivity contribution >= 4 is 27.3 Å². The van der Waals surface area contributed by atoms with Crippen LogP contribution >= 0.6 is 12.4 Å². The highest BCUT2D eigenvalue weighted by molar-refractivity contribution is 6.60. The lowest BCUT2D eigenvalue weighted by atomic mass is 10.2. The van der Waals surface area contributed by atoms with Gasteiger partial charge in [0, 0.05) is 60.1 Å². The number of halogens is 1. The smallest absolute Gasteiger partial charge is 0.377 e. The second-order valence-electron chi connectivity index (χ2n) is 6.05. The first kappa shape index (κ1) is 26.2. The van der Waals surface area contributed by atoms with E-state index in [1.54, 1.807) is 21.3 Å². The van der Waals surface area contributed by atoms with Gasteiger partial charge in [-0.1, -0.05) is 42.5 Å². The van der Waals surface area contributed by atoms with Crippen LogP contribution in [0.4, 0.5) is 0 Å². The fourth-order valence-electron chi connectivity index (χ4n) is 2.74. The lowest BCUT2D eigenvalue weighted by Crippen LogP contribution is -2.43. The van der Waals surface area contributed by atoms with Crippen LogP contribution in [0, 0.1) is 0 Å². The molecular weight excluding hydrogens is 382 g/mol. The van der Waals surface area contributed by atoms with Gasteiger partial charge in [-0.2, -0.15) is 0 Å². The summed E-state index contributed by atoms with van der Waals surface area (Å²) in [5.41, 5.74) is 6.76. The molecule has 3 N–H and O–H groups in total. The second-order valence-corrected chi connectivity index (χ2v) is 9.14. The van der Waals surface area contributed by atoms with E-state index < -0.39 is 8.80 Å². The minimum Gasteiger partial charge on any atom is -0.377 e. The summed E-state index contributed by atoms with van der Waals surface area (Å²) in [6, 6.07) is 11.2. The molecule has 0 atom stereocenters. The van der Waals surface area contributed by atoms with Crippen molar-refractivity contribution in [2.24, 2.45) is 5.73 Å². The molecule has 0 radical (unpaired) electrons. The minimum absolute atomic E-state index is 0. The molecular formula is C19H36ClN3O3Si. The predicted octanol–water partition coefficient (Wildman–Crippen LogP) is 2.24. The zero-order chi connectivity index (χ0) is 19.1. The van der Waals surface area contributed by atoms with E-state index in [4.69, 9.17) is 19.0 Å². The highest BCUT2D eigenvalue weighted by atomic mass is 35.5. The van der Waals surface area contributed by atoms with E-state index in [-0.39, 0.29) is 12.4 Å². The molecule has 27 heavy (non-hydrogen) atoms. The van der Waals surface area contributed by atoms with Crippen LogP contribution < -0.4 is 11.1 Å². The van der Waals surface area contributed by atoms with E-state index in [0.717, 1.165) is 45.2 Å². The Hall–Kier alpha value is -0.773. The first-order valence-electron chi connectivity index (χ1n) is 9.20. The fraction of sp³-hybridized carbons (Fsp3) is 0.579. The van der Waals surface area contributed by atoms with Gasteiger partial charge in [0.2, 0.25) is 0 Å². The van der Waals surface area contributed by atoms with Crippen LogP contribution in [0.3, 0.4) is 0 Å². The number of nitrogens with one attached hydrogen (secondary N) is 1. The summed E-state index contributed by atoms with van der Waals surface area (Å²) in [6.45, 7) is 5.28. The van der Waals surface area contributed by atoms with E-state index in [0.29, 0.717) is 6.54 Å². The molecule has 0 unspecified atom stereocenters. The summed E-state index contributed by atoms with van der Waals surface area (Å²) in [6.07, 6.45) is 5.35. The number of hydrogen-bond acceptors (Lipinski definition) is 6. The largest absolute Gasteiger partial charge is 0.500 e. The standard InChI is InChI=1S/C19H35N3O3Si.ClH/c1-23-26(24-2,25-3)18-8-16-22(17-14-21-13-12-20)15-7-11-19-9-5-4-6-10-19;/h4-7,9-11,21H,8,12-18,20H2,1-3H3;1H. The number of benzene rings is 1. The number of nitrogens with two attached hydrogens (primary N) is 1. The molecule has 0 heterocycles. The SMILES string of the molecule is CO[Si](CCCN(CC=Cc1ccccc1)CCNCCN)(OC)OC.Cl. The lowest BCUT2D eigenvalue weighted by Gasteiger charge is -2.26. The van der Waals surface area contributed by atoms with Crippen molar-refractivity contribution in [2.45, 2.75) is 12.5 Å². The molecule has 0 amide bonds. The third-order valence-electron chi connectivity index (χ3n) is 4.29. The van der Waals surface area contributed by atoms with Gasteiger partial charge in [0.1, 0.15) is 0 Å². The molecule has 0 bridgehead atoms. The number of rotatable bonds is 15. The van der Waals surface area contributed by atoms with E-state index >= 15 is 0 Å². The van der Waals surface area contributed by atoms with E-state index in [1.807, 2.05) is 6.07 Å². The van der Waals surface area contributed by atoms with Crippen LogP contribution in [0.1, 0.15) is 12.0 Å². The molecule has 1 aromatic carbocycles. The van der Waals surface area contributed by atoms with Crippen molar-refractivity contribution in [3.05, 3.63) is 42.0 Å². The maximum absolute atomic E-state index is 5.54. The molecule has 1 aromatic rings. The highest BCUT2D eigenvalue weighted by Gasteiger charge is 2.36. The van der Waals surface area contributed by atoms with Crippen LogP contribution in [0.25, 0.3) is 6.08 Å². The Bertz CT molecular complexity index is 482. The molecule has 8 heteroatoms. The van der Waals surface area contributed by atoms with Gasteiger partial charge >= 0.3 is 8.80 Å². The van der Waals surface area contributed by atoms with Gasteiger partial charge in [0.25, 0.3) is 0 Å². The third kappa shape index (κ3) is 11.0. The monoisotopic (exact) mass is 417 g/mol. The van der Waals surface area contributed by atoms with E-state index in [2.05, 4.69) is 46.6 Å². The van der Waals surface area contributed by atoms with Crippen molar-refractivity contribution in [2.75, 3.05) is 60.6 Å². The van der Waals surface area contributed by atoms with Gasteiger partial charge in [0.15, 0.2) is 0 Å². The number of nitrogens with zero attached hydrogens (tertiary/aromatic N) is 1. The first-order chi connectivity index (χ1) is 12.7. The average molecular weight is 418 g/mol. The summed E-state index contributed by atoms with van der Waals surface area (Å²) in [5.74, 6) is 0. The Kier molecular flexibility index (Phi) is 15.7. The summed E-state index contributed by atoms with van der Waals surface area (Å²) in [4.78, 5) is 2.42. The summed E-state index contributed by atoms with van der Waals surface area (Å²) < 4.78 is 16.5. The average Bonchev–Trinajstić information content (AvgIpc) is 2.69. The molecule has 1 rings (SSSR count). The topological polar surface area (TPSA) is 69.0 Å². The molecule has 156 valence electrons. The van der Waals surface area contributed by atoms with Gasteiger partial charge in [-0.05, 0) is 18.5 Å². The van der Waals surface area contributed by atoms with E-state index in [9.17, 15) is 0 Å². The Balaban J connectivity index is 0.00000676. The minimum atomic E-state index is -2.49. The van der Waals surface area contributed by atoms with Gasteiger partial charge in [-0.25, -0.2) is 0 Å². The summed E-state index contributed by atoms with van der Waals surface area (Å²) in [7, 11) is 2.50. The third-order valence-corrected chi connectivity index (χ3v) is 7.12. The molecule has 0 fully saturated rings. The van der Waals surface area contributed by atoms with Crippen LogP contribution in [0.15, 0.2) is 36.4 Å². The Morgan fingerprint density at radius 2 is 1.70 bits per heavy atom. The second kappa shape index (κ2) is 16.2. The predicted molar refractivity (Wildman–Crippen MR) is 117 cm³/mol. The van der Waals surface area contributed by atoms with Crippen molar-refractivity contribution in [3.8, 4) is 0 Å². The van der Waals surface area contributed by atoms with E-state index in [1.165, 1.54) is 5.56 Å². The quantitative estimate of drug-likeness (QED) is 0.337. The van der Waals surface area contributed by atoms with Gasteiger partial charge in [-0.3, -0.25) is 4.90 Å². The summed E-state index contributed by atoms with van der Waals surface area (Å²) in [5, 5.41) is 3.36. The molecule has 0 aromatic heterocycles. The van der Waals surface area contributed by atoms with Gasteiger partial charge < -0.3 is 24.3 Å². The lowest BCUT2D eigenvalue weighted by molar-refractivity contribution is 0.121. The van der Waals surface area contributed by atoms with Crippen LogP contribution in [0.5, 0.6) is 0 Å². The Morgan fingerprint density at radius 1 is 1.04 bits per heavy atom.